The van der Waals surface area contributed by atoms with Gasteiger partial charge in [0.25, 0.3) is 0 Å². The SMILES string of the molecule is O=C(CC1CCCNC1)Nc1cc(Cl)ccn1. The maximum absolute atomic E-state index is 11.8. The average Bonchev–Trinajstić information content (AvgIpc) is 2.30. The molecule has 5 heteroatoms. The number of anilines is 1. The second-order valence-electron chi connectivity index (χ2n) is 4.32. The molecule has 1 aliphatic rings. The van der Waals surface area contributed by atoms with Gasteiger partial charge in [-0.3, -0.25) is 4.79 Å². The van der Waals surface area contributed by atoms with Gasteiger partial charge in [0.15, 0.2) is 0 Å². The van der Waals surface area contributed by atoms with E-state index in [0.717, 1.165) is 25.9 Å². The molecule has 17 heavy (non-hydrogen) atoms. The van der Waals surface area contributed by atoms with Crippen molar-refractivity contribution in [2.24, 2.45) is 5.92 Å². The molecule has 1 aliphatic heterocycles. The van der Waals surface area contributed by atoms with Crippen molar-refractivity contribution < 1.29 is 4.79 Å². The van der Waals surface area contributed by atoms with Crippen molar-refractivity contribution >= 4 is 23.3 Å². The van der Waals surface area contributed by atoms with Gasteiger partial charge in [0.05, 0.1) is 0 Å². The van der Waals surface area contributed by atoms with Crippen LogP contribution in [0.15, 0.2) is 18.3 Å². The summed E-state index contributed by atoms with van der Waals surface area (Å²) in [4.78, 5) is 15.8. The fourth-order valence-corrected chi connectivity index (χ4v) is 2.19. The monoisotopic (exact) mass is 253 g/mol. The standard InChI is InChI=1S/C12H16ClN3O/c13-10-3-5-15-11(7-10)16-12(17)6-9-2-1-4-14-8-9/h3,5,7,9,14H,1-2,4,6,8H2,(H,15,16,17). The van der Waals surface area contributed by atoms with Crippen LogP contribution in [0.2, 0.25) is 5.02 Å². The molecule has 1 aromatic heterocycles. The number of aromatic nitrogens is 1. The number of hydrogen-bond acceptors (Lipinski definition) is 3. The predicted octanol–water partition coefficient (Wildman–Crippen LogP) is 2.06. The first-order chi connectivity index (χ1) is 8.24. The molecule has 1 amide bonds. The number of amides is 1. The molecule has 2 heterocycles. The number of rotatable bonds is 3. The molecule has 0 bridgehead atoms. The van der Waals surface area contributed by atoms with E-state index in [0.29, 0.717) is 23.2 Å². The normalized spacial score (nSPS) is 19.9. The molecule has 92 valence electrons. The Morgan fingerprint density at radius 3 is 3.24 bits per heavy atom. The minimum absolute atomic E-state index is 0.00784. The summed E-state index contributed by atoms with van der Waals surface area (Å²) >= 11 is 5.82. The van der Waals surface area contributed by atoms with Crippen molar-refractivity contribution in [3.63, 3.8) is 0 Å². The fraction of sp³-hybridized carbons (Fsp3) is 0.500. The number of nitrogens with zero attached hydrogens (tertiary/aromatic N) is 1. The number of carbonyl (C=O) groups excluding carboxylic acids is 1. The maximum atomic E-state index is 11.8. The van der Waals surface area contributed by atoms with E-state index in [2.05, 4.69) is 15.6 Å². The molecule has 0 radical (unpaired) electrons. The van der Waals surface area contributed by atoms with Crippen LogP contribution in [0.25, 0.3) is 0 Å². The molecule has 1 saturated heterocycles. The largest absolute Gasteiger partial charge is 0.316 e. The Labute approximate surface area is 106 Å². The molecule has 1 aromatic rings. The van der Waals surface area contributed by atoms with Gasteiger partial charge in [-0.25, -0.2) is 4.98 Å². The Bertz CT molecular complexity index is 391. The zero-order valence-corrected chi connectivity index (χ0v) is 10.3. The van der Waals surface area contributed by atoms with Gasteiger partial charge in [0, 0.05) is 17.6 Å². The van der Waals surface area contributed by atoms with Crippen molar-refractivity contribution in [1.82, 2.24) is 10.3 Å². The molecule has 1 unspecified atom stereocenters. The van der Waals surface area contributed by atoms with Crippen LogP contribution >= 0.6 is 11.6 Å². The lowest BCUT2D eigenvalue weighted by molar-refractivity contribution is -0.117. The van der Waals surface area contributed by atoms with Gasteiger partial charge >= 0.3 is 0 Å². The van der Waals surface area contributed by atoms with Crippen molar-refractivity contribution in [1.29, 1.82) is 0 Å². The van der Waals surface area contributed by atoms with E-state index in [-0.39, 0.29) is 5.91 Å². The van der Waals surface area contributed by atoms with Crippen molar-refractivity contribution in [2.75, 3.05) is 18.4 Å². The van der Waals surface area contributed by atoms with Gasteiger partial charge in [0.1, 0.15) is 5.82 Å². The van der Waals surface area contributed by atoms with E-state index < -0.39 is 0 Å². The third-order valence-corrected chi connectivity index (χ3v) is 3.10. The summed E-state index contributed by atoms with van der Waals surface area (Å²) in [6.07, 6.45) is 4.39. The zero-order valence-electron chi connectivity index (χ0n) is 9.58. The number of pyridine rings is 1. The smallest absolute Gasteiger partial charge is 0.225 e. The molecule has 1 fully saturated rings. The summed E-state index contributed by atoms with van der Waals surface area (Å²) in [6.45, 7) is 1.99. The van der Waals surface area contributed by atoms with Gasteiger partial charge in [-0.05, 0) is 44.0 Å². The highest BCUT2D eigenvalue weighted by Crippen LogP contribution is 2.16. The van der Waals surface area contributed by atoms with Crippen molar-refractivity contribution in [3.8, 4) is 0 Å². The van der Waals surface area contributed by atoms with Crippen LogP contribution in [0.5, 0.6) is 0 Å². The summed E-state index contributed by atoms with van der Waals surface area (Å²) in [5.41, 5.74) is 0. The molecule has 2 rings (SSSR count). The number of carbonyl (C=O) groups is 1. The molecule has 1 atom stereocenters. The molecule has 0 aliphatic carbocycles. The van der Waals surface area contributed by atoms with Crippen LogP contribution in [-0.4, -0.2) is 24.0 Å². The summed E-state index contributed by atoms with van der Waals surface area (Å²) in [7, 11) is 0. The van der Waals surface area contributed by atoms with E-state index in [4.69, 9.17) is 11.6 Å². The Balaban J connectivity index is 1.84. The van der Waals surface area contributed by atoms with E-state index in [1.165, 1.54) is 0 Å². The molecule has 4 nitrogen and oxygen atoms in total. The Kier molecular flexibility index (Phi) is 4.34. The summed E-state index contributed by atoms with van der Waals surface area (Å²) in [6, 6.07) is 3.33. The topological polar surface area (TPSA) is 54.0 Å². The van der Waals surface area contributed by atoms with Crippen LogP contribution in [0, 0.1) is 5.92 Å². The quantitative estimate of drug-likeness (QED) is 0.867. The number of halogens is 1. The van der Waals surface area contributed by atoms with Gasteiger partial charge in [-0.2, -0.15) is 0 Å². The lowest BCUT2D eigenvalue weighted by atomic mass is 9.96. The van der Waals surface area contributed by atoms with Crippen molar-refractivity contribution in [2.45, 2.75) is 19.3 Å². The van der Waals surface area contributed by atoms with Crippen molar-refractivity contribution in [3.05, 3.63) is 23.4 Å². The number of hydrogen-bond donors (Lipinski definition) is 2. The van der Waals surface area contributed by atoms with Gasteiger partial charge < -0.3 is 10.6 Å². The minimum Gasteiger partial charge on any atom is -0.316 e. The molecular formula is C12H16ClN3O. The maximum Gasteiger partial charge on any atom is 0.225 e. The highest BCUT2D eigenvalue weighted by atomic mass is 35.5. The molecule has 0 saturated carbocycles. The van der Waals surface area contributed by atoms with E-state index in [1.54, 1.807) is 18.3 Å². The van der Waals surface area contributed by atoms with Crippen LogP contribution in [0.1, 0.15) is 19.3 Å². The third kappa shape index (κ3) is 3.98. The lowest BCUT2D eigenvalue weighted by Gasteiger charge is -2.21. The Morgan fingerprint density at radius 1 is 1.65 bits per heavy atom. The fourth-order valence-electron chi connectivity index (χ4n) is 2.03. The second kappa shape index (κ2) is 5.98. The molecule has 0 spiro atoms. The first-order valence-electron chi connectivity index (χ1n) is 5.86. The number of nitrogens with one attached hydrogen (secondary N) is 2. The highest BCUT2D eigenvalue weighted by molar-refractivity contribution is 6.30. The molecule has 0 aromatic carbocycles. The van der Waals surface area contributed by atoms with E-state index >= 15 is 0 Å². The van der Waals surface area contributed by atoms with E-state index in [9.17, 15) is 4.79 Å². The molecule has 2 N–H and O–H groups in total. The first-order valence-corrected chi connectivity index (χ1v) is 6.24. The second-order valence-corrected chi connectivity index (χ2v) is 4.76. The van der Waals surface area contributed by atoms with Crippen LogP contribution in [0.4, 0.5) is 5.82 Å². The van der Waals surface area contributed by atoms with Crippen LogP contribution < -0.4 is 10.6 Å². The van der Waals surface area contributed by atoms with Gasteiger partial charge in [-0.1, -0.05) is 11.6 Å². The van der Waals surface area contributed by atoms with Crippen LogP contribution in [0.3, 0.4) is 0 Å². The van der Waals surface area contributed by atoms with Gasteiger partial charge in [-0.15, -0.1) is 0 Å². The zero-order chi connectivity index (χ0) is 12.1. The third-order valence-electron chi connectivity index (χ3n) is 2.86. The average molecular weight is 254 g/mol. The summed E-state index contributed by atoms with van der Waals surface area (Å²) in [5, 5.41) is 6.64. The molecular weight excluding hydrogens is 238 g/mol. The first kappa shape index (κ1) is 12.3. The highest BCUT2D eigenvalue weighted by Gasteiger charge is 2.16. The number of piperidine rings is 1. The van der Waals surface area contributed by atoms with Crippen LogP contribution in [-0.2, 0) is 4.79 Å². The summed E-state index contributed by atoms with van der Waals surface area (Å²) in [5.74, 6) is 0.961. The minimum atomic E-state index is 0.00784. The van der Waals surface area contributed by atoms with Gasteiger partial charge in [0.2, 0.25) is 5.91 Å². The predicted molar refractivity (Wildman–Crippen MR) is 68.1 cm³/mol. The summed E-state index contributed by atoms with van der Waals surface area (Å²) < 4.78 is 0. The Morgan fingerprint density at radius 2 is 2.53 bits per heavy atom. The lowest BCUT2D eigenvalue weighted by Crippen LogP contribution is -2.32. The Hall–Kier alpha value is -1.13. The van der Waals surface area contributed by atoms with E-state index in [1.807, 2.05) is 0 Å².